The van der Waals surface area contributed by atoms with E-state index in [1.807, 2.05) is 0 Å². The molecular formula is C17H19FN5O7PS. The molecule has 1 aromatic carbocycles. The number of H-pyrrole nitrogens is 1. The lowest BCUT2D eigenvalue weighted by Gasteiger charge is -2.22. The van der Waals surface area contributed by atoms with Gasteiger partial charge in [-0.15, -0.1) is 0 Å². The molecule has 0 radical (unpaired) electrons. The summed E-state index contributed by atoms with van der Waals surface area (Å²) >= 11 is 0. The summed E-state index contributed by atoms with van der Waals surface area (Å²) in [6.07, 6.45) is -6.28. The molecule has 3 aromatic rings. The van der Waals surface area contributed by atoms with Crippen LogP contribution in [-0.2, 0) is 20.1 Å². The van der Waals surface area contributed by atoms with Crippen LogP contribution >= 0.6 is 7.60 Å². The fourth-order valence-corrected chi connectivity index (χ4v) is 6.47. The minimum atomic E-state index is -4.95. The van der Waals surface area contributed by atoms with Crippen LogP contribution in [0.25, 0.3) is 11.2 Å². The predicted molar refractivity (Wildman–Crippen MR) is 111 cm³/mol. The molecule has 6 unspecified atom stereocenters. The van der Waals surface area contributed by atoms with Gasteiger partial charge >= 0.3 is 7.60 Å². The Morgan fingerprint density at radius 2 is 2.03 bits per heavy atom. The molecule has 6 N–H and O–H groups in total. The van der Waals surface area contributed by atoms with Gasteiger partial charge in [-0.3, -0.25) is 23.1 Å². The second kappa shape index (κ2) is 8.46. The number of fused-ring (bicyclic) bond motifs is 1. The number of imidazole rings is 1. The molecule has 6 atom stereocenters. The highest BCUT2D eigenvalue weighted by Crippen LogP contribution is 2.49. The van der Waals surface area contributed by atoms with Gasteiger partial charge in [0, 0.05) is 11.3 Å². The number of aromatic amines is 1. The summed E-state index contributed by atoms with van der Waals surface area (Å²) in [6.45, 7) is 0. The van der Waals surface area contributed by atoms with Crippen LogP contribution in [0.15, 0.2) is 46.3 Å². The van der Waals surface area contributed by atoms with E-state index in [0.29, 0.717) is 0 Å². The number of aromatic nitrogens is 4. The van der Waals surface area contributed by atoms with Gasteiger partial charge in [0.15, 0.2) is 23.6 Å². The minimum absolute atomic E-state index is 0.0671. The fraction of sp³-hybridized carbons (Fsp3) is 0.353. The standard InChI is InChI=1S/C17H19FN5O7PS/c18-11-9(6-10(31(26,27)28)32(29)8-4-2-1-3-5-8)30-16(13(11)24)23-7-20-12-14(23)21-17(19)22-15(12)25/h1-5,7,9-11,13,16,24H,6H2,(H2,26,27,28)(H3,19,21,22,25). The molecule has 172 valence electrons. The van der Waals surface area contributed by atoms with Crippen LogP contribution in [0.3, 0.4) is 0 Å². The molecule has 1 saturated heterocycles. The number of nitrogens with one attached hydrogen (secondary N) is 1. The number of aliphatic hydroxyl groups is 1. The fourth-order valence-electron chi connectivity index (χ4n) is 3.52. The van der Waals surface area contributed by atoms with Crippen molar-refractivity contribution in [2.75, 3.05) is 5.73 Å². The van der Waals surface area contributed by atoms with Crippen molar-refractivity contribution in [3.8, 4) is 0 Å². The Balaban J connectivity index is 1.63. The van der Waals surface area contributed by atoms with Crippen LogP contribution in [0.1, 0.15) is 12.6 Å². The molecule has 3 heterocycles. The van der Waals surface area contributed by atoms with Crippen molar-refractivity contribution in [1.82, 2.24) is 19.5 Å². The molecule has 0 bridgehead atoms. The third-order valence-corrected chi connectivity index (χ3v) is 8.83. The second-order valence-electron chi connectivity index (χ2n) is 7.17. The summed E-state index contributed by atoms with van der Waals surface area (Å²) < 4.78 is 46.5. The summed E-state index contributed by atoms with van der Waals surface area (Å²) in [5.41, 5.74) is 4.71. The second-order valence-corrected chi connectivity index (χ2v) is 11.0. The zero-order valence-corrected chi connectivity index (χ0v) is 17.9. The number of halogens is 1. The van der Waals surface area contributed by atoms with Gasteiger partial charge in [0.25, 0.3) is 5.56 Å². The summed E-state index contributed by atoms with van der Waals surface area (Å²) in [6, 6.07) is 7.62. The van der Waals surface area contributed by atoms with Gasteiger partial charge in [0.2, 0.25) is 5.95 Å². The van der Waals surface area contributed by atoms with E-state index in [1.54, 1.807) is 18.2 Å². The third kappa shape index (κ3) is 4.12. The number of rotatable bonds is 6. The van der Waals surface area contributed by atoms with Gasteiger partial charge in [-0.2, -0.15) is 4.98 Å². The van der Waals surface area contributed by atoms with E-state index >= 15 is 0 Å². The highest BCUT2D eigenvalue weighted by Gasteiger charge is 2.49. The van der Waals surface area contributed by atoms with E-state index in [9.17, 15) is 32.9 Å². The Hall–Kier alpha value is -2.48. The topological polar surface area (TPSA) is 194 Å². The molecule has 0 saturated carbocycles. The lowest BCUT2D eigenvalue weighted by molar-refractivity contribution is -0.0361. The summed E-state index contributed by atoms with van der Waals surface area (Å²) in [5.74, 6) is -0.232. The van der Waals surface area contributed by atoms with Crippen LogP contribution in [0, 0.1) is 0 Å². The third-order valence-electron chi connectivity index (χ3n) is 5.04. The van der Waals surface area contributed by atoms with E-state index in [2.05, 4.69) is 15.0 Å². The Morgan fingerprint density at radius 1 is 1.34 bits per heavy atom. The molecule has 1 aliphatic rings. The average molecular weight is 487 g/mol. The van der Waals surface area contributed by atoms with Crippen molar-refractivity contribution in [2.45, 2.75) is 40.9 Å². The molecule has 32 heavy (non-hydrogen) atoms. The van der Waals surface area contributed by atoms with Crippen LogP contribution in [0.2, 0.25) is 0 Å². The quantitative estimate of drug-likeness (QED) is 0.295. The van der Waals surface area contributed by atoms with Crippen LogP contribution < -0.4 is 11.3 Å². The Labute approximate surface area is 181 Å². The van der Waals surface area contributed by atoms with Crippen molar-refractivity contribution < 1.29 is 32.8 Å². The minimum Gasteiger partial charge on any atom is -0.385 e. The van der Waals surface area contributed by atoms with Crippen molar-refractivity contribution in [3.05, 3.63) is 47.0 Å². The van der Waals surface area contributed by atoms with Crippen molar-refractivity contribution in [2.24, 2.45) is 0 Å². The van der Waals surface area contributed by atoms with E-state index in [1.165, 1.54) is 12.1 Å². The van der Waals surface area contributed by atoms with Gasteiger partial charge in [-0.05, 0) is 12.1 Å². The molecule has 0 spiro atoms. The molecule has 2 aromatic heterocycles. The number of benzene rings is 1. The number of alkyl halides is 1. The summed E-state index contributed by atoms with van der Waals surface area (Å²) in [4.78, 5) is 39.9. The number of hydrogen-bond donors (Lipinski definition) is 5. The van der Waals surface area contributed by atoms with Gasteiger partial charge in [0.1, 0.15) is 11.1 Å². The van der Waals surface area contributed by atoms with Gasteiger partial charge in [-0.25, -0.2) is 9.37 Å². The molecule has 1 fully saturated rings. The Bertz CT molecular complexity index is 1270. The first kappa shape index (κ1) is 22.7. The monoisotopic (exact) mass is 487 g/mol. The molecule has 15 heteroatoms. The number of nitrogen functional groups attached to an aromatic ring is 1. The van der Waals surface area contributed by atoms with E-state index < -0.39 is 60.0 Å². The lowest BCUT2D eigenvalue weighted by Crippen LogP contribution is -2.31. The normalized spacial score (nSPS) is 25.8. The zero-order valence-electron chi connectivity index (χ0n) is 16.2. The maximum absolute atomic E-state index is 14.9. The van der Waals surface area contributed by atoms with Crippen molar-refractivity contribution >= 4 is 35.5 Å². The van der Waals surface area contributed by atoms with Crippen LogP contribution in [0.4, 0.5) is 10.3 Å². The van der Waals surface area contributed by atoms with Crippen LogP contribution in [0.5, 0.6) is 0 Å². The van der Waals surface area contributed by atoms with Crippen molar-refractivity contribution in [1.29, 1.82) is 0 Å². The number of nitrogens with two attached hydrogens (primary N) is 1. The first-order valence-electron chi connectivity index (χ1n) is 9.28. The Kier molecular flexibility index (Phi) is 6.00. The van der Waals surface area contributed by atoms with Gasteiger partial charge in [-0.1, -0.05) is 18.2 Å². The molecule has 0 aliphatic carbocycles. The number of aliphatic hydroxyl groups excluding tert-OH is 1. The zero-order chi connectivity index (χ0) is 23.2. The van der Waals surface area contributed by atoms with Gasteiger partial charge in [0.05, 0.1) is 23.2 Å². The number of ether oxygens (including phenoxy) is 1. The first-order valence-corrected chi connectivity index (χ1v) is 12.2. The van der Waals surface area contributed by atoms with Crippen molar-refractivity contribution in [3.63, 3.8) is 0 Å². The molecule has 0 amide bonds. The highest BCUT2D eigenvalue weighted by molar-refractivity contribution is 7.93. The molecule has 4 rings (SSSR count). The molecule has 12 nitrogen and oxygen atoms in total. The molecular weight excluding hydrogens is 468 g/mol. The lowest BCUT2D eigenvalue weighted by atomic mass is 10.1. The van der Waals surface area contributed by atoms with E-state index in [4.69, 9.17) is 10.5 Å². The number of nitrogens with zero attached hydrogens (tertiary/aromatic N) is 3. The molecule has 1 aliphatic heterocycles. The number of hydrogen-bond acceptors (Lipinski definition) is 8. The maximum Gasteiger partial charge on any atom is 0.341 e. The SMILES string of the molecule is Nc1nc2c(ncn2C2OC(CC(S(=O)c3ccccc3)P(=O)(O)O)C(F)C2O)c(=O)[nH]1. The van der Waals surface area contributed by atoms with E-state index in [-0.39, 0.29) is 22.0 Å². The Morgan fingerprint density at radius 3 is 2.69 bits per heavy atom. The number of anilines is 1. The largest absolute Gasteiger partial charge is 0.385 e. The summed E-state index contributed by atoms with van der Waals surface area (Å²) in [7, 11) is -7.12. The maximum atomic E-state index is 14.9. The summed E-state index contributed by atoms with van der Waals surface area (Å²) in [5, 5.41) is 10.4. The average Bonchev–Trinajstić information content (AvgIpc) is 3.27. The van der Waals surface area contributed by atoms with E-state index in [0.717, 1.165) is 10.9 Å². The van der Waals surface area contributed by atoms with Crippen LogP contribution in [-0.4, -0.2) is 62.0 Å². The smallest absolute Gasteiger partial charge is 0.341 e. The highest BCUT2D eigenvalue weighted by atomic mass is 32.2. The van der Waals surface area contributed by atoms with Gasteiger partial charge < -0.3 is 25.4 Å². The first-order chi connectivity index (χ1) is 15.1. The predicted octanol–water partition coefficient (Wildman–Crippen LogP) is -0.0001000.